The minimum Gasteiger partial charge on any atom is -0.329 e. The lowest BCUT2D eigenvalue weighted by molar-refractivity contribution is 0.261. The predicted octanol–water partition coefficient (Wildman–Crippen LogP) is 3.06. The van der Waals surface area contributed by atoms with E-state index in [1.54, 1.807) is 11.3 Å². The van der Waals surface area contributed by atoms with Crippen LogP contribution in [0.5, 0.6) is 0 Å². The molecule has 1 heterocycles. The predicted molar refractivity (Wildman–Crippen MR) is 85.7 cm³/mol. The van der Waals surface area contributed by atoms with Gasteiger partial charge in [0.15, 0.2) is 0 Å². The lowest BCUT2D eigenvalue weighted by Crippen LogP contribution is -2.28. The van der Waals surface area contributed by atoms with Crippen molar-refractivity contribution in [3.63, 3.8) is 0 Å². The minimum atomic E-state index is 0.679. The van der Waals surface area contributed by atoms with Crippen molar-refractivity contribution in [1.29, 1.82) is 0 Å². The molecule has 0 amide bonds. The van der Waals surface area contributed by atoms with Crippen LogP contribution < -0.4 is 5.73 Å². The van der Waals surface area contributed by atoms with Crippen molar-refractivity contribution >= 4 is 11.3 Å². The fourth-order valence-corrected chi connectivity index (χ4v) is 3.11. The number of hydrogen-bond donors (Lipinski definition) is 1. The molecule has 0 atom stereocenters. The van der Waals surface area contributed by atoms with Crippen LogP contribution in [-0.4, -0.2) is 23.0 Å². The van der Waals surface area contributed by atoms with Crippen LogP contribution >= 0.6 is 11.3 Å². The van der Waals surface area contributed by atoms with E-state index in [-0.39, 0.29) is 0 Å². The standard InChI is InChI=1S/C16H23N3S/c1-2-6-16-18-15(13-20-16)12-19(10-9-17)11-14-7-4-3-5-8-14/h3-5,7-8,13H,2,6,9-12,17H2,1H3. The molecule has 3 nitrogen and oxygen atoms in total. The van der Waals surface area contributed by atoms with Gasteiger partial charge in [0, 0.05) is 31.6 Å². The number of nitrogens with two attached hydrogens (primary N) is 1. The smallest absolute Gasteiger partial charge is 0.0928 e. The first kappa shape index (κ1) is 15.2. The van der Waals surface area contributed by atoms with Gasteiger partial charge in [0.1, 0.15) is 0 Å². The maximum atomic E-state index is 5.73. The number of aryl methyl sites for hydroxylation is 1. The first-order valence-electron chi connectivity index (χ1n) is 7.21. The summed E-state index contributed by atoms with van der Waals surface area (Å²) in [4.78, 5) is 7.06. The monoisotopic (exact) mass is 289 g/mol. The summed E-state index contributed by atoms with van der Waals surface area (Å²) >= 11 is 1.77. The van der Waals surface area contributed by atoms with Crippen molar-refractivity contribution in [2.75, 3.05) is 13.1 Å². The van der Waals surface area contributed by atoms with Crippen molar-refractivity contribution in [2.45, 2.75) is 32.9 Å². The van der Waals surface area contributed by atoms with Gasteiger partial charge in [-0.25, -0.2) is 4.98 Å². The molecule has 108 valence electrons. The van der Waals surface area contributed by atoms with E-state index in [2.05, 4.69) is 41.5 Å². The molecule has 1 aromatic carbocycles. The SMILES string of the molecule is CCCc1nc(CN(CCN)Cc2ccccc2)cs1. The molecule has 20 heavy (non-hydrogen) atoms. The maximum Gasteiger partial charge on any atom is 0.0928 e. The van der Waals surface area contributed by atoms with Crippen LogP contribution in [0.4, 0.5) is 0 Å². The van der Waals surface area contributed by atoms with Crippen molar-refractivity contribution in [3.05, 3.63) is 52.0 Å². The third-order valence-corrected chi connectivity index (χ3v) is 4.10. The fraction of sp³-hybridized carbons (Fsp3) is 0.438. The Kier molecular flexibility index (Phi) is 6.18. The van der Waals surface area contributed by atoms with Crippen LogP contribution in [0.1, 0.15) is 29.6 Å². The molecule has 0 spiro atoms. The first-order chi connectivity index (χ1) is 9.81. The Bertz CT molecular complexity index is 495. The molecule has 0 aliphatic heterocycles. The van der Waals surface area contributed by atoms with Gasteiger partial charge >= 0.3 is 0 Å². The van der Waals surface area contributed by atoms with Crippen molar-refractivity contribution in [3.8, 4) is 0 Å². The van der Waals surface area contributed by atoms with Gasteiger partial charge < -0.3 is 5.73 Å². The number of thiazole rings is 1. The highest BCUT2D eigenvalue weighted by Gasteiger charge is 2.09. The minimum absolute atomic E-state index is 0.679. The summed E-state index contributed by atoms with van der Waals surface area (Å²) in [5, 5.41) is 3.43. The molecular formula is C16H23N3S. The zero-order chi connectivity index (χ0) is 14.2. The molecule has 2 N–H and O–H groups in total. The van der Waals surface area contributed by atoms with Crippen molar-refractivity contribution < 1.29 is 0 Å². The quantitative estimate of drug-likeness (QED) is 0.812. The summed E-state index contributed by atoms with van der Waals surface area (Å²) in [5.74, 6) is 0. The van der Waals surface area contributed by atoms with E-state index in [4.69, 9.17) is 10.7 Å². The summed E-state index contributed by atoms with van der Waals surface area (Å²) in [7, 11) is 0. The van der Waals surface area contributed by atoms with E-state index < -0.39 is 0 Å². The molecule has 0 aliphatic rings. The summed E-state index contributed by atoms with van der Waals surface area (Å²) in [6.45, 7) is 5.58. The van der Waals surface area contributed by atoms with Gasteiger partial charge in [-0.2, -0.15) is 0 Å². The van der Waals surface area contributed by atoms with Crippen LogP contribution in [0.15, 0.2) is 35.7 Å². The lowest BCUT2D eigenvalue weighted by atomic mass is 10.2. The number of nitrogens with zero attached hydrogens (tertiary/aromatic N) is 2. The van der Waals surface area contributed by atoms with Gasteiger partial charge in [-0.3, -0.25) is 4.90 Å². The highest BCUT2D eigenvalue weighted by atomic mass is 32.1. The highest BCUT2D eigenvalue weighted by molar-refractivity contribution is 7.09. The van der Waals surface area contributed by atoms with Crippen LogP contribution in [0.25, 0.3) is 0 Å². The normalized spacial score (nSPS) is 11.2. The molecular weight excluding hydrogens is 266 g/mol. The lowest BCUT2D eigenvalue weighted by Gasteiger charge is -2.20. The Labute approximate surface area is 125 Å². The van der Waals surface area contributed by atoms with Crippen molar-refractivity contribution in [2.24, 2.45) is 5.73 Å². The molecule has 0 saturated carbocycles. The second-order valence-electron chi connectivity index (χ2n) is 4.97. The molecule has 4 heteroatoms. The van der Waals surface area contributed by atoms with Crippen molar-refractivity contribution in [1.82, 2.24) is 9.88 Å². The Morgan fingerprint density at radius 1 is 1.20 bits per heavy atom. The average molecular weight is 289 g/mol. The molecule has 0 unspecified atom stereocenters. The van der Waals surface area contributed by atoms with E-state index >= 15 is 0 Å². The third kappa shape index (κ3) is 4.71. The Morgan fingerprint density at radius 2 is 2.00 bits per heavy atom. The average Bonchev–Trinajstić information content (AvgIpc) is 2.88. The van der Waals surface area contributed by atoms with Gasteiger partial charge in [-0.1, -0.05) is 37.3 Å². The number of aromatic nitrogens is 1. The van der Waals surface area contributed by atoms with E-state index in [9.17, 15) is 0 Å². The second-order valence-corrected chi connectivity index (χ2v) is 5.91. The second kappa shape index (κ2) is 8.15. The van der Waals surface area contributed by atoms with E-state index in [0.29, 0.717) is 6.54 Å². The maximum absolute atomic E-state index is 5.73. The Morgan fingerprint density at radius 3 is 2.70 bits per heavy atom. The fourth-order valence-electron chi connectivity index (χ4n) is 2.22. The van der Waals surface area contributed by atoms with Crippen LogP contribution in [0.2, 0.25) is 0 Å². The molecule has 0 aliphatic carbocycles. The Balaban J connectivity index is 1.97. The molecule has 0 radical (unpaired) electrons. The first-order valence-corrected chi connectivity index (χ1v) is 8.09. The van der Waals surface area contributed by atoms with Gasteiger partial charge in [0.05, 0.1) is 10.7 Å². The number of rotatable bonds is 8. The van der Waals surface area contributed by atoms with Crippen LogP contribution in [0, 0.1) is 0 Å². The summed E-state index contributed by atoms with van der Waals surface area (Å²) in [6, 6.07) is 10.5. The largest absolute Gasteiger partial charge is 0.329 e. The summed E-state index contributed by atoms with van der Waals surface area (Å²) in [6.07, 6.45) is 2.24. The van der Waals surface area contributed by atoms with Crippen LogP contribution in [-0.2, 0) is 19.5 Å². The van der Waals surface area contributed by atoms with Gasteiger partial charge in [0.25, 0.3) is 0 Å². The van der Waals surface area contributed by atoms with Gasteiger partial charge in [0.2, 0.25) is 0 Å². The van der Waals surface area contributed by atoms with E-state index in [0.717, 1.165) is 32.5 Å². The van der Waals surface area contributed by atoms with E-state index in [1.165, 1.54) is 16.3 Å². The molecule has 0 bridgehead atoms. The van der Waals surface area contributed by atoms with Gasteiger partial charge in [-0.15, -0.1) is 11.3 Å². The molecule has 0 saturated heterocycles. The zero-order valence-electron chi connectivity index (χ0n) is 12.1. The molecule has 2 aromatic rings. The molecule has 2 rings (SSSR count). The topological polar surface area (TPSA) is 42.2 Å². The highest BCUT2D eigenvalue weighted by Crippen LogP contribution is 2.15. The number of benzene rings is 1. The third-order valence-electron chi connectivity index (χ3n) is 3.14. The Hall–Kier alpha value is -1.23. The zero-order valence-corrected chi connectivity index (χ0v) is 12.9. The molecule has 1 aromatic heterocycles. The molecule has 0 fully saturated rings. The van der Waals surface area contributed by atoms with E-state index in [1.807, 2.05) is 6.07 Å². The van der Waals surface area contributed by atoms with Gasteiger partial charge in [-0.05, 0) is 18.4 Å². The summed E-state index contributed by atoms with van der Waals surface area (Å²) < 4.78 is 0. The summed E-state index contributed by atoms with van der Waals surface area (Å²) in [5.41, 5.74) is 8.22. The van der Waals surface area contributed by atoms with Crippen LogP contribution in [0.3, 0.4) is 0 Å². The number of hydrogen-bond acceptors (Lipinski definition) is 4.